The van der Waals surface area contributed by atoms with Gasteiger partial charge in [-0.25, -0.2) is 0 Å². The number of amides is 2. The SMILES string of the molecule is O=C(C[C@H]1CC=CCCCCC(=O)O[C@@H](c2ccccc2)CNC1=O)N[C@H](CO)Cc1ccccc1. The first-order chi connectivity index (χ1) is 17.5. The van der Waals surface area contributed by atoms with Gasteiger partial charge in [0.15, 0.2) is 0 Å². The average Bonchev–Trinajstić information content (AvgIpc) is 2.89. The van der Waals surface area contributed by atoms with E-state index in [-0.39, 0.29) is 37.4 Å². The summed E-state index contributed by atoms with van der Waals surface area (Å²) in [5.41, 5.74) is 1.82. The van der Waals surface area contributed by atoms with E-state index in [4.69, 9.17) is 4.74 Å². The minimum atomic E-state index is -0.597. The van der Waals surface area contributed by atoms with Crippen LogP contribution in [0.15, 0.2) is 72.8 Å². The second kappa shape index (κ2) is 14.8. The molecule has 2 aromatic rings. The van der Waals surface area contributed by atoms with E-state index >= 15 is 0 Å². The fourth-order valence-corrected chi connectivity index (χ4v) is 4.21. The number of carbonyl (C=O) groups is 3. The number of nitrogens with one attached hydrogen (secondary N) is 2. The summed E-state index contributed by atoms with van der Waals surface area (Å²) in [6, 6.07) is 18.5. The third kappa shape index (κ3) is 9.30. The topological polar surface area (TPSA) is 105 Å². The van der Waals surface area contributed by atoms with Crippen molar-refractivity contribution in [2.24, 2.45) is 5.92 Å². The van der Waals surface area contributed by atoms with E-state index in [1.807, 2.05) is 72.8 Å². The number of aliphatic hydroxyl groups is 1. The second-order valence-electron chi connectivity index (χ2n) is 9.13. The number of aliphatic hydroxyl groups excluding tert-OH is 1. The van der Waals surface area contributed by atoms with Gasteiger partial charge in [-0.15, -0.1) is 0 Å². The standard InChI is InChI=1S/C29H36N2O5/c32-21-25(18-22-12-6-4-7-13-22)31-27(33)19-24-16-8-2-1-3-11-17-28(34)36-26(20-30-29(24)35)23-14-9-5-10-15-23/h2,4-10,12-15,24-26,32H,1,3,11,16-21H2,(H,30,35)(H,31,33)/t24-,25+,26-/m1/s1. The quantitative estimate of drug-likeness (QED) is 0.404. The molecule has 0 unspecified atom stereocenters. The minimum absolute atomic E-state index is 0.00272. The molecule has 0 saturated heterocycles. The summed E-state index contributed by atoms with van der Waals surface area (Å²) in [6.07, 6.45) is 6.96. The van der Waals surface area contributed by atoms with Crippen molar-refractivity contribution in [3.8, 4) is 0 Å². The first kappa shape index (κ1) is 27.1. The zero-order valence-electron chi connectivity index (χ0n) is 20.6. The lowest BCUT2D eigenvalue weighted by molar-refractivity contribution is -0.150. The van der Waals surface area contributed by atoms with Crippen LogP contribution in [0.4, 0.5) is 0 Å². The number of cyclic esters (lactones) is 1. The summed E-state index contributed by atoms with van der Waals surface area (Å²) in [6.45, 7) is -0.0643. The number of rotatable bonds is 7. The Hall–Kier alpha value is -3.45. The number of ether oxygens (including phenoxy) is 1. The Labute approximate surface area is 212 Å². The molecule has 0 aliphatic carbocycles. The molecule has 0 bridgehead atoms. The van der Waals surface area contributed by atoms with Gasteiger partial charge in [0, 0.05) is 12.8 Å². The Morgan fingerprint density at radius 1 is 1.03 bits per heavy atom. The third-order valence-electron chi connectivity index (χ3n) is 6.21. The van der Waals surface area contributed by atoms with Gasteiger partial charge in [-0.05, 0) is 43.2 Å². The van der Waals surface area contributed by atoms with Crippen molar-refractivity contribution in [2.75, 3.05) is 13.2 Å². The molecule has 1 heterocycles. The Bertz CT molecular complexity index is 993. The Morgan fingerprint density at radius 2 is 1.75 bits per heavy atom. The lowest BCUT2D eigenvalue weighted by Crippen LogP contribution is -2.42. The summed E-state index contributed by atoms with van der Waals surface area (Å²) in [5, 5.41) is 15.5. The Kier molecular flexibility index (Phi) is 11.2. The summed E-state index contributed by atoms with van der Waals surface area (Å²) in [5.74, 6) is -1.42. The molecule has 36 heavy (non-hydrogen) atoms. The summed E-state index contributed by atoms with van der Waals surface area (Å²) in [7, 11) is 0. The maximum Gasteiger partial charge on any atom is 0.306 e. The molecule has 0 saturated carbocycles. The van der Waals surface area contributed by atoms with Gasteiger partial charge in [0.1, 0.15) is 6.10 Å². The summed E-state index contributed by atoms with van der Waals surface area (Å²) < 4.78 is 5.69. The highest BCUT2D eigenvalue weighted by Gasteiger charge is 2.25. The number of esters is 1. The largest absolute Gasteiger partial charge is 0.456 e. The molecule has 0 aromatic heterocycles. The van der Waals surface area contributed by atoms with Crippen LogP contribution in [0.5, 0.6) is 0 Å². The first-order valence-corrected chi connectivity index (χ1v) is 12.7. The second-order valence-corrected chi connectivity index (χ2v) is 9.13. The van der Waals surface area contributed by atoms with Gasteiger partial charge in [0.2, 0.25) is 11.8 Å². The number of hydrogen-bond acceptors (Lipinski definition) is 5. The highest BCUT2D eigenvalue weighted by atomic mass is 16.5. The van der Waals surface area contributed by atoms with Crippen molar-refractivity contribution >= 4 is 17.8 Å². The average molecular weight is 493 g/mol. The molecule has 0 radical (unpaired) electrons. The number of carbonyl (C=O) groups excluding carboxylic acids is 3. The van der Waals surface area contributed by atoms with Crippen molar-refractivity contribution in [2.45, 2.75) is 57.1 Å². The normalized spacial score (nSPS) is 20.5. The zero-order chi connectivity index (χ0) is 25.6. The van der Waals surface area contributed by atoms with E-state index in [0.717, 1.165) is 30.4 Å². The van der Waals surface area contributed by atoms with Gasteiger partial charge >= 0.3 is 5.97 Å². The van der Waals surface area contributed by atoms with Crippen LogP contribution in [0.2, 0.25) is 0 Å². The molecule has 192 valence electrons. The number of benzene rings is 2. The summed E-state index contributed by atoms with van der Waals surface area (Å²) >= 11 is 0. The fourth-order valence-electron chi connectivity index (χ4n) is 4.21. The van der Waals surface area contributed by atoms with Crippen LogP contribution in [0.25, 0.3) is 0 Å². The molecule has 2 aromatic carbocycles. The van der Waals surface area contributed by atoms with E-state index in [0.29, 0.717) is 19.3 Å². The van der Waals surface area contributed by atoms with Gasteiger partial charge in [-0.3, -0.25) is 14.4 Å². The number of hydrogen-bond donors (Lipinski definition) is 3. The molecule has 7 heteroatoms. The minimum Gasteiger partial charge on any atom is -0.456 e. The Balaban J connectivity index is 1.66. The molecule has 2 amide bonds. The van der Waals surface area contributed by atoms with E-state index < -0.39 is 18.1 Å². The van der Waals surface area contributed by atoms with E-state index in [1.54, 1.807) is 0 Å². The summed E-state index contributed by atoms with van der Waals surface area (Å²) in [4.78, 5) is 38.3. The van der Waals surface area contributed by atoms with Crippen LogP contribution in [-0.2, 0) is 25.5 Å². The monoisotopic (exact) mass is 492 g/mol. The van der Waals surface area contributed by atoms with Crippen molar-refractivity contribution < 1.29 is 24.2 Å². The molecule has 0 fully saturated rings. The van der Waals surface area contributed by atoms with E-state index in [2.05, 4.69) is 10.6 Å². The maximum absolute atomic E-state index is 13.1. The van der Waals surface area contributed by atoms with Gasteiger partial charge < -0.3 is 20.5 Å². The first-order valence-electron chi connectivity index (χ1n) is 12.7. The molecular formula is C29H36N2O5. The van der Waals surface area contributed by atoms with Crippen molar-refractivity contribution in [1.82, 2.24) is 10.6 Å². The molecule has 3 atom stereocenters. The predicted molar refractivity (Wildman–Crippen MR) is 138 cm³/mol. The highest BCUT2D eigenvalue weighted by molar-refractivity contribution is 5.86. The van der Waals surface area contributed by atoms with Gasteiger partial charge in [0.25, 0.3) is 0 Å². The van der Waals surface area contributed by atoms with Crippen LogP contribution < -0.4 is 10.6 Å². The van der Waals surface area contributed by atoms with Crippen LogP contribution in [0.1, 0.15) is 55.8 Å². The lowest BCUT2D eigenvalue weighted by atomic mass is 9.98. The smallest absolute Gasteiger partial charge is 0.306 e. The van der Waals surface area contributed by atoms with Gasteiger partial charge in [0.05, 0.1) is 25.1 Å². The zero-order valence-corrected chi connectivity index (χ0v) is 20.6. The molecule has 1 aliphatic rings. The molecule has 7 nitrogen and oxygen atoms in total. The lowest BCUT2D eigenvalue weighted by Gasteiger charge is -2.22. The highest BCUT2D eigenvalue weighted by Crippen LogP contribution is 2.20. The van der Waals surface area contributed by atoms with Crippen LogP contribution in [0, 0.1) is 5.92 Å². The predicted octanol–water partition coefficient (Wildman–Crippen LogP) is 3.63. The van der Waals surface area contributed by atoms with E-state index in [1.165, 1.54) is 0 Å². The molecule has 1 aliphatic heterocycles. The van der Waals surface area contributed by atoms with Crippen molar-refractivity contribution in [3.63, 3.8) is 0 Å². The Morgan fingerprint density at radius 3 is 2.47 bits per heavy atom. The maximum atomic E-state index is 13.1. The number of allylic oxidation sites excluding steroid dienone is 2. The van der Waals surface area contributed by atoms with Gasteiger partial charge in [-0.1, -0.05) is 72.8 Å². The van der Waals surface area contributed by atoms with Crippen LogP contribution >= 0.6 is 0 Å². The molecular weight excluding hydrogens is 456 g/mol. The van der Waals surface area contributed by atoms with E-state index in [9.17, 15) is 19.5 Å². The van der Waals surface area contributed by atoms with Crippen LogP contribution in [0.3, 0.4) is 0 Å². The molecule has 3 N–H and O–H groups in total. The van der Waals surface area contributed by atoms with Crippen molar-refractivity contribution in [1.29, 1.82) is 0 Å². The molecule has 0 spiro atoms. The van der Waals surface area contributed by atoms with Crippen LogP contribution in [-0.4, -0.2) is 42.1 Å². The van der Waals surface area contributed by atoms with Crippen molar-refractivity contribution in [3.05, 3.63) is 83.9 Å². The third-order valence-corrected chi connectivity index (χ3v) is 6.21. The molecule has 3 rings (SSSR count). The fraction of sp³-hybridized carbons (Fsp3) is 0.414. The van der Waals surface area contributed by atoms with Gasteiger partial charge in [-0.2, -0.15) is 0 Å².